The molecular formula is C13H20N2O3. The van der Waals surface area contributed by atoms with Gasteiger partial charge in [0, 0.05) is 18.8 Å². The Morgan fingerprint density at radius 3 is 3.17 bits per heavy atom. The van der Waals surface area contributed by atoms with Crippen molar-refractivity contribution in [1.29, 1.82) is 0 Å². The van der Waals surface area contributed by atoms with Gasteiger partial charge in [-0.05, 0) is 25.1 Å². The molecule has 0 saturated heterocycles. The molecule has 1 aromatic carbocycles. The average molecular weight is 252 g/mol. The lowest BCUT2D eigenvalue weighted by molar-refractivity contribution is -0.00434. The first-order chi connectivity index (χ1) is 8.79. The fourth-order valence-corrected chi connectivity index (χ4v) is 1.80. The van der Waals surface area contributed by atoms with Crippen LogP contribution in [0, 0.1) is 0 Å². The van der Waals surface area contributed by atoms with Crippen LogP contribution >= 0.6 is 0 Å². The Hall–Kier alpha value is -1.46. The molecule has 5 nitrogen and oxygen atoms in total. The molecule has 1 aliphatic heterocycles. The number of anilines is 2. The molecule has 1 aliphatic rings. The Bertz CT molecular complexity index is 384. The molecule has 0 saturated carbocycles. The average Bonchev–Trinajstić information content (AvgIpc) is 2.57. The van der Waals surface area contributed by atoms with E-state index in [1.165, 1.54) is 0 Å². The summed E-state index contributed by atoms with van der Waals surface area (Å²) in [6.07, 6.45) is 0.0269. The van der Waals surface area contributed by atoms with E-state index in [4.69, 9.17) is 19.9 Å². The van der Waals surface area contributed by atoms with E-state index >= 15 is 0 Å². The largest absolute Gasteiger partial charge is 0.489 e. The van der Waals surface area contributed by atoms with Gasteiger partial charge in [-0.2, -0.15) is 0 Å². The van der Waals surface area contributed by atoms with Gasteiger partial charge in [0.2, 0.25) is 0 Å². The summed E-state index contributed by atoms with van der Waals surface area (Å²) in [5.74, 6) is 0.820. The van der Waals surface area contributed by atoms with Crippen LogP contribution in [-0.2, 0) is 9.47 Å². The molecule has 0 amide bonds. The molecular weight excluding hydrogens is 232 g/mol. The fraction of sp³-hybridized carbons (Fsp3) is 0.538. The minimum atomic E-state index is 0.0269. The van der Waals surface area contributed by atoms with Gasteiger partial charge in [-0.3, -0.25) is 0 Å². The highest BCUT2D eigenvalue weighted by Crippen LogP contribution is 2.28. The monoisotopic (exact) mass is 252 g/mol. The van der Waals surface area contributed by atoms with Gasteiger partial charge in [-0.25, -0.2) is 0 Å². The van der Waals surface area contributed by atoms with Crippen LogP contribution in [0.25, 0.3) is 0 Å². The summed E-state index contributed by atoms with van der Waals surface area (Å²) in [5, 5.41) is 3.29. The number of nitrogens with one attached hydrogen (secondary N) is 1. The summed E-state index contributed by atoms with van der Waals surface area (Å²) in [5.41, 5.74) is 7.38. The van der Waals surface area contributed by atoms with Crippen molar-refractivity contribution < 1.29 is 14.2 Å². The lowest BCUT2D eigenvalue weighted by atomic mass is 10.2. The third-order valence-electron chi connectivity index (χ3n) is 2.73. The molecule has 5 heteroatoms. The molecule has 0 fully saturated rings. The van der Waals surface area contributed by atoms with E-state index in [-0.39, 0.29) is 6.10 Å². The lowest BCUT2D eigenvalue weighted by Gasteiger charge is -2.15. The molecule has 0 aromatic heterocycles. The Labute approximate surface area is 107 Å². The van der Waals surface area contributed by atoms with E-state index in [2.05, 4.69) is 5.32 Å². The van der Waals surface area contributed by atoms with Gasteiger partial charge < -0.3 is 25.3 Å². The standard InChI is InChI=1S/C13H20N2O3/c1-2-16-5-6-17-11-8-15-12-7-10(14)3-4-13(12)18-9-11/h3-4,7,11,15H,2,5-6,8-9,14H2,1H3. The van der Waals surface area contributed by atoms with E-state index in [9.17, 15) is 0 Å². The Morgan fingerprint density at radius 1 is 1.44 bits per heavy atom. The van der Waals surface area contributed by atoms with Gasteiger partial charge in [0.15, 0.2) is 0 Å². The highest BCUT2D eigenvalue weighted by Gasteiger charge is 2.17. The topological polar surface area (TPSA) is 65.7 Å². The number of hydrogen-bond acceptors (Lipinski definition) is 5. The number of hydrogen-bond donors (Lipinski definition) is 2. The SMILES string of the molecule is CCOCCOC1CNc2cc(N)ccc2OC1. The highest BCUT2D eigenvalue weighted by molar-refractivity contribution is 5.63. The van der Waals surface area contributed by atoms with E-state index in [1.807, 2.05) is 25.1 Å². The second-order valence-electron chi connectivity index (χ2n) is 4.14. The number of rotatable bonds is 5. The van der Waals surface area contributed by atoms with Crippen molar-refractivity contribution >= 4 is 11.4 Å². The molecule has 1 heterocycles. The maximum atomic E-state index is 5.74. The Balaban J connectivity index is 1.83. The number of benzene rings is 1. The molecule has 1 aromatic rings. The molecule has 18 heavy (non-hydrogen) atoms. The van der Waals surface area contributed by atoms with Crippen molar-refractivity contribution in [2.75, 3.05) is 44.0 Å². The van der Waals surface area contributed by atoms with Crippen molar-refractivity contribution in [3.05, 3.63) is 18.2 Å². The molecule has 0 bridgehead atoms. The molecule has 1 unspecified atom stereocenters. The Morgan fingerprint density at radius 2 is 2.33 bits per heavy atom. The zero-order valence-electron chi connectivity index (χ0n) is 10.6. The third-order valence-corrected chi connectivity index (χ3v) is 2.73. The molecule has 1 atom stereocenters. The van der Waals surface area contributed by atoms with Crippen LogP contribution in [0.2, 0.25) is 0 Å². The normalized spacial score (nSPS) is 18.4. The number of nitrogen functional groups attached to an aromatic ring is 1. The predicted octanol–water partition coefficient (Wildman–Crippen LogP) is 1.49. The van der Waals surface area contributed by atoms with E-state index < -0.39 is 0 Å². The van der Waals surface area contributed by atoms with Crippen molar-refractivity contribution in [1.82, 2.24) is 0 Å². The highest BCUT2D eigenvalue weighted by atomic mass is 16.6. The van der Waals surface area contributed by atoms with Crippen LogP contribution in [0.15, 0.2) is 18.2 Å². The summed E-state index contributed by atoms with van der Waals surface area (Å²) in [6, 6.07) is 5.58. The fourth-order valence-electron chi connectivity index (χ4n) is 1.80. The zero-order chi connectivity index (χ0) is 12.8. The molecule has 0 radical (unpaired) electrons. The third kappa shape index (κ3) is 3.51. The van der Waals surface area contributed by atoms with Crippen LogP contribution in [0.4, 0.5) is 11.4 Å². The van der Waals surface area contributed by atoms with Gasteiger partial charge in [-0.1, -0.05) is 0 Å². The minimum Gasteiger partial charge on any atom is -0.489 e. The summed E-state index contributed by atoms with van der Waals surface area (Å²) in [6.45, 7) is 5.14. The molecule has 0 aliphatic carbocycles. The van der Waals surface area contributed by atoms with Crippen LogP contribution in [0.3, 0.4) is 0 Å². The summed E-state index contributed by atoms with van der Waals surface area (Å²) >= 11 is 0. The first-order valence-corrected chi connectivity index (χ1v) is 6.25. The summed E-state index contributed by atoms with van der Waals surface area (Å²) in [4.78, 5) is 0. The second-order valence-corrected chi connectivity index (χ2v) is 4.14. The first kappa shape index (κ1) is 13.0. The second kappa shape index (κ2) is 6.47. The van der Waals surface area contributed by atoms with Crippen molar-refractivity contribution in [2.45, 2.75) is 13.0 Å². The van der Waals surface area contributed by atoms with Gasteiger partial charge >= 0.3 is 0 Å². The lowest BCUT2D eigenvalue weighted by Crippen LogP contribution is -2.28. The smallest absolute Gasteiger partial charge is 0.142 e. The van der Waals surface area contributed by atoms with Crippen LogP contribution < -0.4 is 15.8 Å². The van der Waals surface area contributed by atoms with Gasteiger partial charge in [0.1, 0.15) is 18.5 Å². The zero-order valence-corrected chi connectivity index (χ0v) is 10.6. The summed E-state index contributed by atoms with van der Waals surface area (Å²) in [7, 11) is 0. The maximum Gasteiger partial charge on any atom is 0.142 e. The van der Waals surface area contributed by atoms with Crippen LogP contribution in [0.5, 0.6) is 5.75 Å². The molecule has 2 rings (SSSR count). The quantitative estimate of drug-likeness (QED) is 0.614. The van der Waals surface area contributed by atoms with Crippen molar-refractivity contribution in [3.63, 3.8) is 0 Å². The van der Waals surface area contributed by atoms with E-state index in [0.717, 1.165) is 17.1 Å². The maximum absolute atomic E-state index is 5.74. The first-order valence-electron chi connectivity index (χ1n) is 6.25. The van der Waals surface area contributed by atoms with Gasteiger partial charge in [0.05, 0.1) is 18.9 Å². The molecule has 0 spiro atoms. The number of ether oxygens (including phenoxy) is 3. The molecule has 3 N–H and O–H groups in total. The van der Waals surface area contributed by atoms with Crippen molar-refractivity contribution in [2.24, 2.45) is 0 Å². The summed E-state index contributed by atoms with van der Waals surface area (Å²) < 4.78 is 16.6. The van der Waals surface area contributed by atoms with Crippen molar-refractivity contribution in [3.8, 4) is 5.75 Å². The predicted molar refractivity (Wildman–Crippen MR) is 71.1 cm³/mol. The van der Waals surface area contributed by atoms with E-state index in [0.29, 0.717) is 33.0 Å². The van der Waals surface area contributed by atoms with Gasteiger partial charge in [0.25, 0.3) is 0 Å². The molecule has 100 valence electrons. The van der Waals surface area contributed by atoms with Gasteiger partial charge in [-0.15, -0.1) is 0 Å². The Kier molecular flexibility index (Phi) is 4.66. The van der Waals surface area contributed by atoms with Crippen LogP contribution in [-0.4, -0.2) is 39.1 Å². The number of fused-ring (bicyclic) bond motifs is 1. The number of nitrogens with two attached hydrogens (primary N) is 1. The van der Waals surface area contributed by atoms with E-state index in [1.54, 1.807) is 0 Å². The minimum absolute atomic E-state index is 0.0269. The van der Waals surface area contributed by atoms with Crippen LogP contribution in [0.1, 0.15) is 6.92 Å².